The van der Waals surface area contributed by atoms with Crippen LogP contribution in [0.5, 0.6) is 0 Å². The van der Waals surface area contributed by atoms with Crippen LogP contribution >= 0.6 is 0 Å². The Morgan fingerprint density at radius 3 is 1.93 bits per heavy atom. The van der Waals surface area contributed by atoms with E-state index in [9.17, 15) is 31.4 Å². The van der Waals surface area contributed by atoms with Gasteiger partial charge in [0.25, 0.3) is 5.60 Å². The lowest BCUT2D eigenvalue weighted by molar-refractivity contribution is -0.376. The largest absolute Gasteiger partial charge is 0.430 e. The Hall–Kier alpha value is -3.06. The zero-order valence-electron chi connectivity index (χ0n) is 14.0. The number of hydrazone groups is 1. The molecule has 0 amide bonds. The second kappa shape index (κ2) is 7.90. The van der Waals surface area contributed by atoms with Gasteiger partial charge in [0.15, 0.2) is 0 Å². The number of nitrogens with zero attached hydrogens (tertiary/aromatic N) is 2. The molecular formula is C18H13F6N3O. The molecular weight excluding hydrogens is 388 g/mol. The van der Waals surface area contributed by atoms with E-state index in [2.05, 4.69) is 10.5 Å². The van der Waals surface area contributed by atoms with Gasteiger partial charge in [-0.05, 0) is 17.7 Å². The number of alkyl halides is 6. The highest BCUT2D eigenvalue weighted by molar-refractivity contribution is 6.00. The Kier molecular flexibility index (Phi) is 5.99. The van der Waals surface area contributed by atoms with E-state index in [1.807, 2.05) is 6.07 Å². The molecule has 4 nitrogen and oxygen atoms in total. The lowest BCUT2D eigenvalue weighted by atomic mass is 9.92. The zero-order chi connectivity index (χ0) is 21.0. The summed E-state index contributed by atoms with van der Waals surface area (Å²) in [5, 5.41) is 22.2. The standard InChI is InChI=1S/C18H13F6N3O/c19-17(20,21)16(28,18(22,23)24)13-6-8-14(9-7-13)26-27-15(11-25)10-12-4-2-1-3-5-12/h1-9,26,28H,10H2/b27-15+. The van der Waals surface area contributed by atoms with Gasteiger partial charge >= 0.3 is 12.4 Å². The van der Waals surface area contributed by atoms with E-state index in [1.54, 1.807) is 30.3 Å². The molecule has 148 valence electrons. The third kappa shape index (κ3) is 4.43. The summed E-state index contributed by atoms with van der Waals surface area (Å²) >= 11 is 0. The minimum absolute atomic E-state index is 0.0382. The van der Waals surface area contributed by atoms with E-state index >= 15 is 0 Å². The molecule has 0 aliphatic rings. The van der Waals surface area contributed by atoms with E-state index in [0.717, 1.165) is 17.7 Å². The highest BCUT2D eigenvalue weighted by Gasteiger charge is 2.71. The molecule has 0 bridgehead atoms. The van der Waals surface area contributed by atoms with Gasteiger partial charge in [0, 0.05) is 12.0 Å². The number of nitrogens with one attached hydrogen (secondary N) is 1. The van der Waals surface area contributed by atoms with E-state index in [1.165, 1.54) is 0 Å². The summed E-state index contributed by atoms with van der Waals surface area (Å²) in [6.45, 7) is 0. The number of rotatable bonds is 5. The van der Waals surface area contributed by atoms with Crippen LogP contribution in [0.15, 0.2) is 59.7 Å². The molecule has 2 rings (SSSR count). The quantitative estimate of drug-likeness (QED) is 0.439. The first-order chi connectivity index (χ1) is 13.0. The Morgan fingerprint density at radius 2 is 1.46 bits per heavy atom. The molecule has 0 saturated heterocycles. The van der Waals surface area contributed by atoms with Crippen molar-refractivity contribution >= 4 is 11.4 Å². The summed E-state index contributed by atoms with van der Waals surface area (Å²) in [6, 6.07) is 13.4. The fourth-order valence-corrected chi connectivity index (χ4v) is 2.30. The SMILES string of the molecule is N#C/C(Cc1ccccc1)=N/Nc1ccc(C(O)(C(F)(F)F)C(F)(F)F)cc1. The maximum atomic E-state index is 12.8. The van der Waals surface area contributed by atoms with Gasteiger partial charge in [0.05, 0.1) is 5.69 Å². The first-order valence-electron chi connectivity index (χ1n) is 7.72. The van der Waals surface area contributed by atoms with Crippen molar-refractivity contribution in [2.45, 2.75) is 24.4 Å². The average Bonchev–Trinajstić information content (AvgIpc) is 2.64. The molecule has 0 aliphatic heterocycles. The van der Waals surface area contributed by atoms with Crippen LogP contribution in [0.4, 0.5) is 32.0 Å². The molecule has 0 unspecified atom stereocenters. The first kappa shape index (κ1) is 21.2. The van der Waals surface area contributed by atoms with E-state index in [0.29, 0.717) is 12.1 Å². The molecule has 0 heterocycles. The van der Waals surface area contributed by atoms with Crippen LogP contribution in [0.2, 0.25) is 0 Å². The normalized spacial score (nSPS) is 13.1. The second-order valence-electron chi connectivity index (χ2n) is 5.73. The third-order valence-electron chi connectivity index (χ3n) is 3.79. The van der Waals surface area contributed by atoms with Crippen molar-refractivity contribution in [1.82, 2.24) is 0 Å². The van der Waals surface area contributed by atoms with Gasteiger partial charge in [0.1, 0.15) is 11.8 Å². The maximum Gasteiger partial charge on any atom is 0.430 e. The number of benzene rings is 2. The van der Waals surface area contributed by atoms with Crippen LogP contribution in [0.25, 0.3) is 0 Å². The predicted octanol–water partition coefficient (Wildman–Crippen LogP) is 4.53. The fraction of sp³-hybridized carbons (Fsp3) is 0.222. The topological polar surface area (TPSA) is 68.4 Å². The van der Waals surface area contributed by atoms with Crippen LogP contribution in [-0.2, 0) is 12.0 Å². The maximum absolute atomic E-state index is 12.8. The molecule has 10 heteroatoms. The predicted molar refractivity (Wildman–Crippen MR) is 89.3 cm³/mol. The molecule has 2 aromatic rings. The molecule has 0 fully saturated rings. The molecule has 0 aromatic heterocycles. The number of hydrogen-bond acceptors (Lipinski definition) is 4. The molecule has 0 radical (unpaired) electrons. The van der Waals surface area contributed by atoms with Crippen LogP contribution in [0, 0.1) is 11.3 Å². The minimum atomic E-state index is -5.96. The summed E-state index contributed by atoms with van der Waals surface area (Å²) in [6.07, 6.45) is -11.7. The summed E-state index contributed by atoms with van der Waals surface area (Å²) in [5.41, 5.74) is -3.10. The number of nitriles is 1. The van der Waals surface area contributed by atoms with Gasteiger partial charge in [-0.3, -0.25) is 5.43 Å². The summed E-state index contributed by atoms with van der Waals surface area (Å²) in [4.78, 5) is 0. The van der Waals surface area contributed by atoms with Crippen molar-refractivity contribution in [3.8, 4) is 6.07 Å². The molecule has 2 aromatic carbocycles. The molecule has 28 heavy (non-hydrogen) atoms. The van der Waals surface area contributed by atoms with E-state index < -0.39 is 23.5 Å². The Balaban J connectivity index is 2.21. The molecule has 0 atom stereocenters. The minimum Gasteiger partial charge on any atom is -0.369 e. The fourth-order valence-electron chi connectivity index (χ4n) is 2.30. The Bertz CT molecular complexity index is 853. The number of anilines is 1. The van der Waals surface area contributed by atoms with Gasteiger partial charge in [-0.1, -0.05) is 42.5 Å². The van der Waals surface area contributed by atoms with Gasteiger partial charge in [0.2, 0.25) is 0 Å². The lowest BCUT2D eigenvalue weighted by Crippen LogP contribution is -2.53. The van der Waals surface area contributed by atoms with Crippen LogP contribution in [-0.4, -0.2) is 23.2 Å². The van der Waals surface area contributed by atoms with Crippen molar-refractivity contribution in [3.05, 3.63) is 65.7 Å². The van der Waals surface area contributed by atoms with E-state index in [4.69, 9.17) is 5.26 Å². The van der Waals surface area contributed by atoms with Crippen LogP contribution in [0.1, 0.15) is 11.1 Å². The summed E-state index contributed by atoms with van der Waals surface area (Å²) in [5.74, 6) is 0. The highest BCUT2D eigenvalue weighted by atomic mass is 19.4. The van der Waals surface area contributed by atoms with Crippen molar-refractivity contribution in [3.63, 3.8) is 0 Å². The molecule has 0 saturated carbocycles. The number of hydrogen-bond donors (Lipinski definition) is 2. The molecule has 2 N–H and O–H groups in total. The van der Waals surface area contributed by atoms with Crippen molar-refractivity contribution < 1.29 is 31.4 Å². The number of aliphatic hydroxyl groups is 1. The van der Waals surface area contributed by atoms with Crippen LogP contribution in [0.3, 0.4) is 0 Å². The highest BCUT2D eigenvalue weighted by Crippen LogP contribution is 2.50. The monoisotopic (exact) mass is 401 g/mol. The van der Waals surface area contributed by atoms with Crippen molar-refractivity contribution in [2.24, 2.45) is 5.10 Å². The van der Waals surface area contributed by atoms with Crippen molar-refractivity contribution in [1.29, 1.82) is 5.26 Å². The van der Waals surface area contributed by atoms with Gasteiger partial charge in [-0.25, -0.2) is 0 Å². The zero-order valence-corrected chi connectivity index (χ0v) is 14.0. The number of halogens is 6. The van der Waals surface area contributed by atoms with Gasteiger partial charge < -0.3 is 5.11 Å². The Labute approximate surface area is 155 Å². The smallest absolute Gasteiger partial charge is 0.369 e. The first-order valence-corrected chi connectivity index (χ1v) is 7.72. The van der Waals surface area contributed by atoms with Crippen LogP contribution < -0.4 is 5.43 Å². The second-order valence-corrected chi connectivity index (χ2v) is 5.73. The lowest BCUT2D eigenvalue weighted by Gasteiger charge is -2.32. The third-order valence-corrected chi connectivity index (χ3v) is 3.79. The van der Waals surface area contributed by atoms with Crippen molar-refractivity contribution in [2.75, 3.05) is 5.43 Å². The van der Waals surface area contributed by atoms with Gasteiger partial charge in [-0.15, -0.1) is 0 Å². The van der Waals surface area contributed by atoms with Gasteiger partial charge in [-0.2, -0.15) is 36.7 Å². The Morgan fingerprint density at radius 1 is 0.929 bits per heavy atom. The van der Waals surface area contributed by atoms with E-state index in [-0.39, 0.29) is 17.8 Å². The summed E-state index contributed by atoms with van der Waals surface area (Å²) in [7, 11) is 0. The average molecular weight is 401 g/mol. The molecule has 0 aliphatic carbocycles. The summed E-state index contributed by atoms with van der Waals surface area (Å²) < 4.78 is 77.1. The molecule has 0 spiro atoms.